The predicted octanol–water partition coefficient (Wildman–Crippen LogP) is 0.831. The molecule has 1 saturated carbocycles. The fourth-order valence-corrected chi connectivity index (χ4v) is 2.67. The summed E-state index contributed by atoms with van der Waals surface area (Å²) < 4.78 is 0. The van der Waals surface area contributed by atoms with E-state index in [0.717, 1.165) is 5.56 Å². The Morgan fingerprint density at radius 1 is 1.22 bits per heavy atom. The average Bonchev–Trinajstić information content (AvgIpc) is 2.28. The first-order valence-electron chi connectivity index (χ1n) is 5.74. The molecule has 0 bridgehead atoms. The number of carboxylic acid groups (broad SMARTS) is 2. The van der Waals surface area contributed by atoms with Gasteiger partial charge in [-0.15, -0.1) is 0 Å². The topological polar surface area (TPSA) is 101 Å². The molecule has 1 fully saturated rings. The molecule has 1 aliphatic carbocycles. The molecule has 1 aliphatic rings. The maximum Gasteiger partial charge on any atom is 0.321 e. The van der Waals surface area contributed by atoms with Gasteiger partial charge in [-0.3, -0.25) is 9.59 Å². The van der Waals surface area contributed by atoms with E-state index in [2.05, 4.69) is 0 Å². The average molecular weight is 249 g/mol. The molecule has 0 aromatic heterocycles. The molecule has 0 heterocycles. The highest BCUT2D eigenvalue weighted by Crippen LogP contribution is 2.49. The van der Waals surface area contributed by atoms with E-state index in [1.807, 2.05) is 6.07 Å². The van der Waals surface area contributed by atoms with Crippen molar-refractivity contribution < 1.29 is 19.8 Å². The summed E-state index contributed by atoms with van der Waals surface area (Å²) in [4.78, 5) is 22.0. The molecular formula is C13H15NO4. The van der Waals surface area contributed by atoms with Crippen molar-refractivity contribution in [2.24, 2.45) is 11.7 Å². The molecule has 0 aliphatic heterocycles. The molecule has 1 aromatic rings. The summed E-state index contributed by atoms with van der Waals surface area (Å²) in [5, 5.41) is 18.0. The van der Waals surface area contributed by atoms with Gasteiger partial charge in [0, 0.05) is 5.41 Å². The van der Waals surface area contributed by atoms with Crippen LogP contribution >= 0.6 is 0 Å². The lowest BCUT2D eigenvalue weighted by Crippen LogP contribution is -2.59. The zero-order chi connectivity index (χ0) is 13.3. The van der Waals surface area contributed by atoms with E-state index >= 15 is 0 Å². The molecule has 4 N–H and O–H groups in total. The summed E-state index contributed by atoms with van der Waals surface area (Å²) in [6, 6.07) is 7.98. The summed E-state index contributed by atoms with van der Waals surface area (Å²) in [6.07, 6.45) is 0.555. The number of carbonyl (C=O) groups is 2. The Labute approximate surface area is 104 Å². The minimum Gasteiger partial charge on any atom is -0.481 e. The Hall–Kier alpha value is -1.88. The second-order valence-corrected chi connectivity index (χ2v) is 4.78. The lowest BCUT2D eigenvalue weighted by molar-refractivity contribution is -0.152. The molecule has 0 amide bonds. The number of hydrogen-bond donors (Lipinski definition) is 3. The highest BCUT2D eigenvalue weighted by atomic mass is 16.4. The molecule has 1 aromatic carbocycles. The Balaban J connectivity index is 2.32. The van der Waals surface area contributed by atoms with Crippen molar-refractivity contribution in [3.8, 4) is 0 Å². The fourth-order valence-electron chi connectivity index (χ4n) is 2.67. The minimum atomic E-state index is -1.09. The van der Waals surface area contributed by atoms with Gasteiger partial charge in [0.25, 0.3) is 0 Å². The first-order valence-corrected chi connectivity index (χ1v) is 5.74. The molecule has 0 saturated heterocycles. The van der Waals surface area contributed by atoms with Crippen LogP contribution in [-0.2, 0) is 15.0 Å². The smallest absolute Gasteiger partial charge is 0.321 e. The first kappa shape index (κ1) is 12.6. The van der Waals surface area contributed by atoms with Crippen molar-refractivity contribution >= 4 is 11.9 Å². The summed E-state index contributed by atoms with van der Waals surface area (Å²) in [7, 11) is 0. The number of nitrogens with two attached hydrogens (primary N) is 1. The molecule has 18 heavy (non-hydrogen) atoms. The molecular weight excluding hydrogens is 234 g/mol. The Bertz CT molecular complexity index is 465. The van der Waals surface area contributed by atoms with E-state index < -0.39 is 29.3 Å². The van der Waals surface area contributed by atoms with Crippen LogP contribution in [0, 0.1) is 5.92 Å². The van der Waals surface area contributed by atoms with Crippen LogP contribution in [0.25, 0.3) is 0 Å². The van der Waals surface area contributed by atoms with Gasteiger partial charge in [-0.2, -0.15) is 0 Å². The van der Waals surface area contributed by atoms with Crippen molar-refractivity contribution in [1.82, 2.24) is 0 Å². The van der Waals surface area contributed by atoms with E-state index in [1.54, 1.807) is 24.3 Å². The second-order valence-electron chi connectivity index (χ2n) is 4.78. The number of rotatable bonds is 4. The van der Waals surface area contributed by atoms with E-state index in [-0.39, 0.29) is 12.8 Å². The van der Waals surface area contributed by atoms with Crippen molar-refractivity contribution in [2.75, 3.05) is 0 Å². The van der Waals surface area contributed by atoms with Crippen LogP contribution in [0.1, 0.15) is 18.4 Å². The summed E-state index contributed by atoms with van der Waals surface area (Å²) in [5.74, 6) is -2.49. The van der Waals surface area contributed by atoms with Gasteiger partial charge in [-0.1, -0.05) is 30.3 Å². The van der Waals surface area contributed by atoms with Crippen molar-refractivity contribution in [2.45, 2.75) is 24.3 Å². The van der Waals surface area contributed by atoms with Gasteiger partial charge in [-0.25, -0.2) is 0 Å². The molecule has 96 valence electrons. The lowest BCUT2D eigenvalue weighted by atomic mass is 9.55. The number of hydrogen-bond acceptors (Lipinski definition) is 3. The van der Waals surface area contributed by atoms with Gasteiger partial charge >= 0.3 is 11.9 Å². The van der Waals surface area contributed by atoms with Crippen LogP contribution < -0.4 is 5.73 Å². The Morgan fingerprint density at radius 2 is 1.78 bits per heavy atom. The molecule has 1 unspecified atom stereocenters. The van der Waals surface area contributed by atoms with E-state index in [9.17, 15) is 9.59 Å². The lowest BCUT2D eigenvalue weighted by Gasteiger charge is -2.48. The normalized spacial score (nSPS) is 28.2. The Morgan fingerprint density at radius 3 is 2.22 bits per heavy atom. The monoisotopic (exact) mass is 249 g/mol. The maximum atomic E-state index is 11.1. The van der Waals surface area contributed by atoms with Gasteiger partial charge in [0.1, 0.15) is 6.04 Å². The van der Waals surface area contributed by atoms with Gasteiger partial charge in [-0.05, 0) is 18.4 Å². The standard InChI is InChI=1S/C13H15NO4/c14-10(12(17)18)13(6-8(7-13)11(15)16)9-4-2-1-3-5-9/h1-5,8,10H,6-7,14H2,(H,15,16)(H,17,18). The molecule has 0 radical (unpaired) electrons. The van der Waals surface area contributed by atoms with Crippen LogP contribution in [0.2, 0.25) is 0 Å². The third-order valence-electron chi connectivity index (χ3n) is 3.78. The SMILES string of the molecule is NC(C(=O)O)C1(c2ccccc2)CC(C(=O)O)C1. The van der Waals surface area contributed by atoms with Gasteiger partial charge in [0.15, 0.2) is 0 Å². The second kappa shape index (κ2) is 4.42. The largest absolute Gasteiger partial charge is 0.481 e. The van der Waals surface area contributed by atoms with Gasteiger partial charge < -0.3 is 15.9 Å². The summed E-state index contributed by atoms with van der Waals surface area (Å²) >= 11 is 0. The van der Waals surface area contributed by atoms with Crippen LogP contribution in [0.4, 0.5) is 0 Å². The van der Waals surface area contributed by atoms with Crippen molar-refractivity contribution in [3.05, 3.63) is 35.9 Å². The molecule has 2 rings (SSSR count). The quantitative estimate of drug-likeness (QED) is 0.733. The molecule has 0 spiro atoms. The third kappa shape index (κ3) is 1.86. The third-order valence-corrected chi connectivity index (χ3v) is 3.78. The van der Waals surface area contributed by atoms with Crippen LogP contribution in [0.5, 0.6) is 0 Å². The zero-order valence-corrected chi connectivity index (χ0v) is 9.74. The predicted molar refractivity (Wildman–Crippen MR) is 64.1 cm³/mol. The summed E-state index contributed by atoms with van der Waals surface area (Å²) in [5.41, 5.74) is 5.81. The summed E-state index contributed by atoms with van der Waals surface area (Å²) in [6.45, 7) is 0. The van der Waals surface area contributed by atoms with E-state index in [4.69, 9.17) is 15.9 Å². The molecule has 1 atom stereocenters. The molecule has 5 nitrogen and oxygen atoms in total. The maximum absolute atomic E-state index is 11.1. The van der Waals surface area contributed by atoms with E-state index in [0.29, 0.717) is 0 Å². The highest BCUT2D eigenvalue weighted by molar-refractivity contribution is 5.79. The van der Waals surface area contributed by atoms with Crippen LogP contribution in [0.15, 0.2) is 30.3 Å². The van der Waals surface area contributed by atoms with Gasteiger partial charge in [0.05, 0.1) is 5.92 Å². The van der Waals surface area contributed by atoms with Crippen LogP contribution in [-0.4, -0.2) is 28.2 Å². The van der Waals surface area contributed by atoms with E-state index in [1.165, 1.54) is 0 Å². The molecule has 5 heteroatoms. The minimum absolute atomic E-state index is 0.278. The fraction of sp³-hybridized carbons (Fsp3) is 0.385. The number of aliphatic carboxylic acids is 2. The number of benzene rings is 1. The van der Waals surface area contributed by atoms with Crippen molar-refractivity contribution in [1.29, 1.82) is 0 Å². The zero-order valence-electron chi connectivity index (χ0n) is 9.74. The van der Waals surface area contributed by atoms with Crippen LogP contribution in [0.3, 0.4) is 0 Å². The highest BCUT2D eigenvalue weighted by Gasteiger charge is 2.54. The first-order chi connectivity index (χ1) is 8.47. The van der Waals surface area contributed by atoms with Gasteiger partial charge in [0.2, 0.25) is 0 Å². The van der Waals surface area contributed by atoms with Crippen molar-refractivity contribution in [3.63, 3.8) is 0 Å². The Kier molecular flexibility index (Phi) is 3.09. The number of carboxylic acids is 2.